The lowest BCUT2D eigenvalue weighted by molar-refractivity contribution is -0.132. The van der Waals surface area contributed by atoms with Crippen LogP contribution in [0.4, 0.5) is 0 Å². The number of hydrogen-bond acceptors (Lipinski definition) is 3. The van der Waals surface area contributed by atoms with Crippen LogP contribution in [-0.2, 0) is 17.6 Å². The quantitative estimate of drug-likeness (QED) is 0.817. The van der Waals surface area contributed by atoms with E-state index in [0.29, 0.717) is 43.7 Å². The molecule has 1 N–H and O–H groups in total. The van der Waals surface area contributed by atoms with Crippen molar-refractivity contribution in [3.05, 3.63) is 70.8 Å². The molecule has 0 bridgehead atoms. The second kappa shape index (κ2) is 9.37. The Labute approximate surface area is 170 Å². The molecule has 0 aliphatic carbocycles. The van der Waals surface area contributed by atoms with E-state index < -0.39 is 5.97 Å². The monoisotopic (exact) mass is 394 g/mol. The van der Waals surface area contributed by atoms with Crippen molar-refractivity contribution in [1.82, 2.24) is 9.80 Å². The molecule has 6 heteroatoms. The molecule has 152 valence electrons. The normalized spacial score (nSPS) is 14.0. The Bertz CT molecular complexity index is 884. The summed E-state index contributed by atoms with van der Waals surface area (Å²) in [6.45, 7) is 4.08. The van der Waals surface area contributed by atoms with Gasteiger partial charge in [0.2, 0.25) is 5.91 Å². The first kappa shape index (κ1) is 20.6. The minimum Gasteiger partial charge on any atom is -0.478 e. The van der Waals surface area contributed by atoms with E-state index >= 15 is 0 Å². The highest BCUT2D eigenvalue weighted by Gasteiger charge is 2.25. The van der Waals surface area contributed by atoms with Gasteiger partial charge in [0.1, 0.15) is 0 Å². The summed E-state index contributed by atoms with van der Waals surface area (Å²) in [6.07, 6.45) is 1.59. The van der Waals surface area contributed by atoms with Crippen LogP contribution in [0.1, 0.15) is 45.2 Å². The molecule has 1 aliphatic rings. The zero-order chi connectivity index (χ0) is 20.8. The Hall–Kier alpha value is -3.15. The van der Waals surface area contributed by atoms with Crippen LogP contribution in [-0.4, -0.2) is 58.9 Å². The summed E-state index contributed by atoms with van der Waals surface area (Å²) in [5.41, 5.74) is 2.77. The van der Waals surface area contributed by atoms with E-state index in [-0.39, 0.29) is 23.8 Å². The number of amides is 2. The number of piperazine rings is 1. The van der Waals surface area contributed by atoms with Crippen molar-refractivity contribution in [2.45, 2.75) is 26.2 Å². The second-order valence-corrected chi connectivity index (χ2v) is 7.19. The van der Waals surface area contributed by atoms with Crippen molar-refractivity contribution < 1.29 is 19.5 Å². The molecule has 0 aromatic heterocycles. The second-order valence-electron chi connectivity index (χ2n) is 7.19. The maximum Gasteiger partial charge on any atom is 0.335 e. The Balaban J connectivity index is 1.51. The van der Waals surface area contributed by atoms with E-state index in [1.807, 2.05) is 24.3 Å². The van der Waals surface area contributed by atoms with Crippen LogP contribution in [0.2, 0.25) is 0 Å². The third kappa shape index (κ3) is 5.02. The average Bonchev–Trinajstić information content (AvgIpc) is 2.77. The van der Waals surface area contributed by atoms with Crippen LogP contribution >= 0.6 is 0 Å². The van der Waals surface area contributed by atoms with Gasteiger partial charge in [-0.05, 0) is 42.2 Å². The van der Waals surface area contributed by atoms with Crippen molar-refractivity contribution in [1.29, 1.82) is 0 Å². The zero-order valence-corrected chi connectivity index (χ0v) is 16.6. The summed E-state index contributed by atoms with van der Waals surface area (Å²) in [4.78, 5) is 40.0. The highest BCUT2D eigenvalue weighted by molar-refractivity contribution is 5.94. The molecule has 0 saturated carbocycles. The van der Waals surface area contributed by atoms with Crippen molar-refractivity contribution in [2.75, 3.05) is 26.2 Å². The third-order valence-corrected chi connectivity index (χ3v) is 5.38. The fraction of sp³-hybridized carbons (Fsp3) is 0.348. The van der Waals surface area contributed by atoms with E-state index in [0.717, 1.165) is 6.42 Å². The molecule has 1 saturated heterocycles. The lowest BCUT2D eigenvalue weighted by Crippen LogP contribution is -2.50. The van der Waals surface area contributed by atoms with Crippen molar-refractivity contribution >= 4 is 17.8 Å². The smallest absolute Gasteiger partial charge is 0.335 e. The molecule has 0 unspecified atom stereocenters. The Morgan fingerprint density at radius 2 is 1.52 bits per heavy atom. The molecule has 1 heterocycles. The van der Waals surface area contributed by atoms with Crippen LogP contribution in [0.25, 0.3) is 0 Å². The van der Waals surface area contributed by atoms with Crippen LogP contribution in [0.5, 0.6) is 0 Å². The highest BCUT2D eigenvalue weighted by atomic mass is 16.4. The standard InChI is InChI=1S/C23H26N2O4/c1-2-17-7-9-19(10-8-17)22(27)25-15-13-24(14-16-25)21(26)12-11-18-5-3-4-6-20(18)23(28)29/h3-10H,2,11-16H2,1H3,(H,28,29). The highest BCUT2D eigenvalue weighted by Crippen LogP contribution is 2.14. The van der Waals surface area contributed by atoms with E-state index in [2.05, 4.69) is 6.92 Å². The van der Waals surface area contributed by atoms with Gasteiger partial charge in [0, 0.05) is 38.2 Å². The van der Waals surface area contributed by atoms with Gasteiger partial charge in [-0.15, -0.1) is 0 Å². The summed E-state index contributed by atoms with van der Waals surface area (Å²) >= 11 is 0. The first-order valence-corrected chi connectivity index (χ1v) is 9.96. The predicted molar refractivity (Wildman–Crippen MR) is 110 cm³/mol. The number of aryl methyl sites for hydroxylation is 2. The maximum absolute atomic E-state index is 12.7. The maximum atomic E-state index is 12.7. The summed E-state index contributed by atoms with van der Waals surface area (Å²) in [5, 5.41) is 9.25. The Morgan fingerprint density at radius 3 is 2.14 bits per heavy atom. The lowest BCUT2D eigenvalue weighted by Gasteiger charge is -2.35. The summed E-state index contributed by atoms with van der Waals surface area (Å²) in [5.74, 6) is -0.994. The molecule has 3 rings (SSSR count). The summed E-state index contributed by atoms with van der Waals surface area (Å²) in [7, 11) is 0. The van der Waals surface area contributed by atoms with E-state index in [1.165, 1.54) is 5.56 Å². The number of carbonyl (C=O) groups excluding carboxylic acids is 2. The van der Waals surface area contributed by atoms with Crippen molar-refractivity contribution in [3.63, 3.8) is 0 Å². The van der Waals surface area contributed by atoms with Gasteiger partial charge in [-0.25, -0.2) is 4.79 Å². The molecular formula is C23H26N2O4. The molecule has 1 aliphatic heterocycles. The van der Waals surface area contributed by atoms with Crippen LogP contribution in [0.15, 0.2) is 48.5 Å². The van der Waals surface area contributed by atoms with Gasteiger partial charge in [0.05, 0.1) is 5.56 Å². The lowest BCUT2D eigenvalue weighted by atomic mass is 10.0. The molecule has 2 aromatic carbocycles. The SMILES string of the molecule is CCc1ccc(C(=O)N2CCN(C(=O)CCc3ccccc3C(=O)O)CC2)cc1. The van der Waals surface area contributed by atoms with Crippen LogP contribution < -0.4 is 0 Å². The largest absolute Gasteiger partial charge is 0.478 e. The molecule has 29 heavy (non-hydrogen) atoms. The molecule has 6 nitrogen and oxygen atoms in total. The van der Waals surface area contributed by atoms with Gasteiger partial charge in [-0.1, -0.05) is 37.3 Å². The topological polar surface area (TPSA) is 77.9 Å². The van der Waals surface area contributed by atoms with E-state index in [1.54, 1.807) is 34.1 Å². The van der Waals surface area contributed by atoms with E-state index in [4.69, 9.17) is 0 Å². The number of hydrogen-bond donors (Lipinski definition) is 1. The van der Waals surface area contributed by atoms with Gasteiger partial charge in [0.25, 0.3) is 5.91 Å². The minimum absolute atomic E-state index is 0.00450. The molecular weight excluding hydrogens is 368 g/mol. The van der Waals surface area contributed by atoms with Crippen molar-refractivity contribution in [2.24, 2.45) is 0 Å². The Morgan fingerprint density at radius 1 is 0.897 bits per heavy atom. The van der Waals surface area contributed by atoms with Gasteiger partial charge in [-0.2, -0.15) is 0 Å². The first-order valence-electron chi connectivity index (χ1n) is 9.96. The molecule has 2 amide bonds. The molecule has 0 atom stereocenters. The number of nitrogens with zero attached hydrogens (tertiary/aromatic N) is 2. The fourth-order valence-corrected chi connectivity index (χ4v) is 3.57. The molecule has 2 aromatic rings. The third-order valence-electron chi connectivity index (χ3n) is 5.38. The first-order chi connectivity index (χ1) is 14.0. The number of carbonyl (C=O) groups is 3. The van der Waals surface area contributed by atoms with Gasteiger partial charge < -0.3 is 14.9 Å². The number of rotatable bonds is 6. The number of aromatic carboxylic acids is 1. The van der Waals surface area contributed by atoms with E-state index in [9.17, 15) is 19.5 Å². The Kier molecular flexibility index (Phi) is 6.65. The zero-order valence-electron chi connectivity index (χ0n) is 16.6. The minimum atomic E-state index is -0.979. The van der Waals surface area contributed by atoms with Gasteiger partial charge in [0.15, 0.2) is 0 Å². The van der Waals surface area contributed by atoms with Crippen molar-refractivity contribution in [3.8, 4) is 0 Å². The number of benzene rings is 2. The number of carboxylic acids is 1. The van der Waals surface area contributed by atoms with Crippen LogP contribution in [0, 0.1) is 0 Å². The van der Waals surface area contributed by atoms with Gasteiger partial charge in [-0.3, -0.25) is 9.59 Å². The summed E-state index contributed by atoms with van der Waals surface area (Å²) < 4.78 is 0. The molecule has 0 radical (unpaired) electrons. The van der Waals surface area contributed by atoms with Gasteiger partial charge >= 0.3 is 5.97 Å². The fourth-order valence-electron chi connectivity index (χ4n) is 3.57. The molecule has 1 fully saturated rings. The number of carboxylic acid groups (broad SMARTS) is 1. The molecule has 0 spiro atoms. The van der Waals surface area contributed by atoms with Crippen LogP contribution in [0.3, 0.4) is 0 Å². The predicted octanol–water partition coefficient (Wildman–Crippen LogP) is 2.86. The summed E-state index contributed by atoms with van der Waals surface area (Å²) in [6, 6.07) is 14.4. The average molecular weight is 394 g/mol.